The molecule has 0 saturated carbocycles. The number of nitrogens with one attached hydrogen (secondary N) is 2. The van der Waals surface area contributed by atoms with Gasteiger partial charge in [-0.1, -0.05) is 32.6 Å². The van der Waals surface area contributed by atoms with E-state index in [-0.39, 0.29) is 6.03 Å². The van der Waals surface area contributed by atoms with Crippen molar-refractivity contribution in [3.05, 3.63) is 0 Å². The van der Waals surface area contributed by atoms with Crippen molar-refractivity contribution >= 4 is 6.03 Å². The molecular formula is C11H24N2O. The molecule has 0 bridgehead atoms. The van der Waals surface area contributed by atoms with Gasteiger partial charge in [-0.3, -0.25) is 0 Å². The maximum absolute atomic E-state index is 11.1. The zero-order valence-corrected chi connectivity index (χ0v) is 9.73. The molecule has 0 aliphatic heterocycles. The molecule has 0 unspecified atom stereocenters. The lowest BCUT2D eigenvalue weighted by atomic mass is 10.1. The molecule has 2 amide bonds. The van der Waals surface area contributed by atoms with Gasteiger partial charge >= 0.3 is 6.03 Å². The standard InChI is InChI=1S/C11H24N2O/c1-4-6-7-8-9-10(3)13-11(14)12-5-2/h10H,4-9H2,1-3H3,(H2,12,13,14)/t10-/m1/s1. The molecule has 0 heterocycles. The van der Waals surface area contributed by atoms with Crippen molar-refractivity contribution in [2.75, 3.05) is 6.54 Å². The Kier molecular flexibility index (Phi) is 8.39. The Hall–Kier alpha value is -0.730. The summed E-state index contributed by atoms with van der Waals surface area (Å²) in [5.74, 6) is 0. The van der Waals surface area contributed by atoms with E-state index in [0.717, 1.165) is 6.42 Å². The molecule has 0 fully saturated rings. The number of rotatable bonds is 7. The average molecular weight is 200 g/mol. The Labute approximate surface area is 87.6 Å². The quantitative estimate of drug-likeness (QED) is 0.609. The Morgan fingerprint density at radius 3 is 2.50 bits per heavy atom. The van der Waals surface area contributed by atoms with Gasteiger partial charge in [-0.15, -0.1) is 0 Å². The van der Waals surface area contributed by atoms with Crippen molar-refractivity contribution in [1.82, 2.24) is 10.6 Å². The third-order valence-electron chi connectivity index (χ3n) is 2.21. The third kappa shape index (κ3) is 7.90. The van der Waals surface area contributed by atoms with Gasteiger partial charge in [0.25, 0.3) is 0 Å². The van der Waals surface area contributed by atoms with E-state index >= 15 is 0 Å². The Balaban J connectivity index is 3.35. The van der Waals surface area contributed by atoms with E-state index < -0.39 is 0 Å². The summed E-state index contributed by atoms with van der Waals surface area (Å²) in [6.07, 6.45) is 6.13. The average Bonchev–Trinajstić information content (AvgIpc) is 2.13. The van der Waals surface area contributed by atoms with Crippen LogP contribution in [0.25, 0.3) is 0 Å². The van der Waals surface area contributed by atoms with Gasteiger partial charge in [-0.2, -0.15) is 0 Å². The zero-order chi connectivity index (χ0) is 10.8. The number of carbonyl (C=O) groups is 1. The number of unbranched alkanes of at least 4 members (excludes halogenated alkanes) is 3. The molecule has 2 N–H and O–H groups in total. The highest BCUT2D eigenvalue weighted by Crippen LogP contribution is 2.04. The van der Waals surface area contributed by atoms with Crippen molar-refractivity contribution in [2.24, 2.45) is 0 Å². The van der Waals surface area contributed by atoms with E-state index in [2.05, 4.69) is 24.5 Å². The van der Waals surface area contributed by atoms with Crippen LogP contribution in [0.2, 0.25) is 0 Å². The van der Waals surface area contributed by atoms with Crippen molar-refractivity contribution in [1.29, 1.82) is 0 Å². The van der Waals surface area contributed by atoms with E-state index in [9.17, 15) is 4.79 Å². The number of urea groups is 1. The summed E-state index contributed by atoms with van der Waals surface area (Å²) in [5, 5.41) is 5.64. The normalized spacial score (nSPS) is 12.2. The van der Waals surface area contributed by atoms with Crippen LogP contribution in [0.5, 0.6) is 0 Å². The van der Waals surface area contributed by atoms with Gasteiger partial charge in [0.1, 0.15) is 0 Å². The number of carbonyl (C=O) groups excluding carboxylic acids is 1. The van der Waals surface area contributed by atoms with Crippen LogP contribution in [-0.2, 0) is 0 Å². The van der Waals surface area contributed by atoms with Crippen LogP contribution in [0, 0.1) is 0 Å². The number of amides is 2. The monoisotopic (exact) mass is 200 g/mol. The zero-order valence-electron chi connectivity index (χ0n) is 9.73. The first-order chi connectivity index (χ1) is 6.70. The highest BCUT2D eigenvalue weighted by Gasteiger charge is 2.04. The van der Waals surface area contributed by atoms with Gasteiger partial charge in [0, 0.05) is 12.6 Å². The molecular weight excluding hydrogens is 176 g/mol. The van der Waals surface area contributed by atoms with Gasteiger partial charge in [0.05, 0.1) is 0 Å². The smallest absolute Gasteiger partial charge is 0.314 e. The minimum atomic E-state index is -0.0458. The van der Waals surface area contributed by atoms with Crippen LogP contribution >= 0.6 is 0 Å². The van der Waals surface area contributed by atoms with Crippen LogP contribution in [-0.4, -0.2) is 18.6 Å². The summed E-state index contributed by atoms with van der Waals surface area (Å²) in [7, 11) is 0. The second-order valence-electron chi connectivity index (χ2n) is 3.75. The van der Waals surface area contributed by atoms with Crippen LogP contribution in [0.3, 0.4) is 0 Å². The maximum Gasteiger partial charge on any atom is 0.314 e. The summed E-state index contributed by atoms with van der Waals surface area (Å²) in [5.41, 5.74) is 0. The predicted octanol–water partition coefficient (Wildman–Crippen LogP) is 2.66. The lowest BCUT2D eigenvalue weighted by Crippen LogP contribution is -2.40. The van der Waals surface area contributed by atoms with Crippen molar-refractivity contribution in [3.8, 4) is 0 Å². The van der Waals surface area contributed by atoms with Gasteiger partial charge < -0.3 is 10.6 Å². The topological polar surface area (TPSA) is 41.1 Å². The number of hydrogen-bond donors (Lipinski definition) is 2. The molecule has 0 spiro atoms. The van der Waals surface area contributed by atoms with E-state index in [0.29, 0.717) is 12.6 Å². The number of hydrogen-bond acceptors (Lipinski definition) is 1. The first kappa shape index (κ1) is 13.3. The van der Waals surface area contributed by atoms with E-state index in [1.807, 2.05) is 6.92 Å². The second kappa shape index (κ2) is 8.85. The lowest BCUT2D eigenvalue weighted by molar-refractivity contribution is 0.237. The minimum Gasteiger partial charge on any atom is -0.338 e. The largest absolute Gasteiger partial charge is 0.338 e. The molecule has 0 aromatic rings. The van der Waals surface area contributed by atoms with Crippen molar-refractivity contribution in [3.63, 3.8) is 0 Å². The molecule has 0 aliphatic carbocycles. The fraction of sp³-hybridized carbons (Fsp3) is 0.909. The van der Waals surface area contributed by atoms with Gasteiger partial charge in [-0.25, -0.2) is 4.79 Å². The molecule has 14 heavy (non-hydrogen) atoms. The Bertz CT molecular complexity index is 148. The Morgan fingerprint density at radius 2 is 1.93 bits per heavy atom. The second-order valence-corrected chi connectivity index (χ2v) is 3.75. The van der Waals surface area contributed by atoms with Gasteiger partial charge in [0.2, 0.25) is 0 Å². The van der Waals surface area contributed by atoms with E-state index in [1.165, 1.54) is 25.7 Å². The van der Waals surface area contributed by atoms with Crippen molar-refractivity contribution < 1.29 is 4.79 Å². The van der Waals surface area contributed by atoms with Gasteiger partial charge in [0.15, 0.2) is 0 Å². The molecule has 0 saturated heterocycles. The molecule has 3 nitrogen and oxygen atoms in total. The summed E-state index contributed by atoms with van der Waals surface area (Å²) < 4.78 is 0. The van der Waals surface area contributed by atoms with Gasteiger partial charge in [-0.05, 0) is 20.3 Å². The van der Waals surface area contributed by atoms with Crippen LogP contribution in [0.15, 0.2) is 0 Å². The summed E-state index contributed by atoms with van der Waals surface area (Å²) >= 11 is 0. The SMILES string of the molecule is CCCCCC[C@@H](C)NC(=O)NCC. The van der Waals surface area contributed by atoms with E-state index in [4.69, 9.17) is 0 Å². The molecule has 0 radical (unpaired) electrons. The fourth-order valence-electron chi connectivity index (χ4n) is 1.38. The molecule has 84 valence electrons. The summed E-state index contributed by atoms with van der Waals surface area (Å²) in [6.45, 7) is 6.87. The highest BCUT2D eigenvalue weighted by molar-refractivity contribution is 5.73. The molecule has 3 heteroatoms. The minimum absolute atomic E-state index is 0.0458. The molecule has 0 aliphatic rings. The first-order valence-corrected chi connectivity index (χ1v) is 5.75. The Morgan fingerprint density at radius 1 is 1.21 bits per heavy atom. The van der Waals surface area contributed by atoms with Crippen LogP contribution in [0.1, 0.15) is 52.9 Å². The third-order valence-corrected chi connectivity index (χ3v) is 2.21. The fourth-order valence-corrected chi connectivity index (χ4v) is 1.38. The summed E-state index contributed by atoms with van der Waals surface area (Å²) in [6, 6.07) is 0.244. The van der Waals surface area contributed by atoms with Crippen LogP contribution < -0.4 is 10.6 Å². The molecule has 1 atom stereocenters. The molecule has 0 aromatic heterocycles. The molecule has 0 aromatic carbocycles. The lowest BCUT2D eigenvalue weighted by Gasteiger charge is -2.13. The maximum atomic E-state index is 11.1. The van der Waals surface area contributed by atoms with E-state index in [1.54, 1.807) is 0 Å². The molecule has 0 rings (SSSR count). The predicted molar refractivity (Wildman–Crippen MR) is 60.4 cm³/mol. The summed E-state index contributed by atoms with van der Waals surface area (Å²) in [4.78, 5) is 11.1. The van der Waals surface area contributed by atoms with Crippen molar-refractivity contribution in [2.45, 2.75) is 58.9 Å². The highest BCUT2D eigenvalue weighted by atomic mass is 16.2. The first-order valence-electron chi connectivity index (χ1n) is 5.75. The van der Waals surface area contributed by atoms with Crippen LogP contribution in [0.4, 0.5) is 4.79 Å².